The Morgan fingerprint density at radius 1 is 0.600 bits per heavy atom. The maximum absolute atomic E-state index is 13.1. The summed E-state index contributed by atoms with van der Waals surface area (Å²) in [5.74, 6) is 0. The Bertz CT molecular complexity index is 1570. The van der Waals surface area contributed by atoms with Gasteiger partial charge in [-0.15, -0.1) is 0 Å². The lowest BCUT2D eigenvalue weighted by atomic mass is 9.96. The SMILES string of the molecule is Cn1c(-c2ccccc2)c(C=NS(=O)(=O)c2ccccc2)c(-c2ccccc2)c1-c1ccccc1. The molecule has 0 spiro atoms. The van der Waals surface area contributed by atoms with Crippen LogP contribution in [0.2, 0.25) is 0 Å². The zero-order valence-electron chi connectivity index (χ0n) is 19.2. The van der Waals surface area contributed by atoms with Crippen molar-refractivity contribution in [3.8, 4) is 33.6 Å². The lowest BCUT2D eigenvalue weighted by molar-refractivity contribution is 0.598. The van der Waals surface area contributed by atoms with Crippen molar-refractivity contribution in [2.45, 2.75) is 4.90 Å². The number of sulfonamides is 1. The van der Waals surface area contributed by atoms with Gasteiger partial charge < -0.3 is 4.57 Å². The van der Waals surface area contributed by atoms with Crippen LogP contribution in [0.4, 0.5) is 0 Å². The van der Waals surface area contributed by atoms with E-state index in [-0.39, 0.29) is 4.90 Å². The Hall–Kier alpha value is -4.22. The smallest absolute Gasteiger partial charge is 0.282 e. The molecule has 0 atom stereocenters. The highest BCUT2D eigenvalue weighted by atomic mass is 32.2. The van der Waals surface area contributed by atoms with E-state index in [4.69, 9.17) is 0 Å². The number of nitrogens with zero attached hydrogens (tertiary/aromatic N) is 2. The van der Waals surface area contributed by atoms with Crippen molar-refractivity contribution in [2.75, 3.05) is 0 Å². The largest absolute Gasteiger partial charge is 0.343 e. The quantitative estimate of drug-likeness (QED) is 0.252. The molecule has 0 bridgehead atoms. The fourth-order valence-electron chi connectivity index (χ4n) is 4.38. The molecule has 0 N–H and O–H groups in total. The van der Waals surface area contributed by atoms with Gasteiger partial charge in [0.05, 0.1) is 22.5 Å². The van der Waals surface area contributed by atoms with Crippen LogP contribution in [0.3, 0.4) is 0 Å². The van der Waals surface area contributed by atoms with Crippen LogP contribution in [0.25, 0.3) is 33.6 Å². The number of benzene rings is 4. The first kappa shape index (κ1) is 22.6. The van der Waals surface area contributed by atoms with Gasteiger partial charge >= 0.3 is 0 Å². The van der Waals surface area contributed by atoms with Crippen LogP contribution in [0.15, 0.2) is 131 Å². The molecule has 4 nitrogen and oxygen atoms in total. The minimum atomic E-state index is -3.86. The van der Waals surface area contributed by atoms with E-state index in [2.05, 4.69) is 21.1 Å². The van der Waals surface area contributed by atoms with Crippen LogP contribution in [-0.4, -0.2) is 19.2 Å². The summed E-state index contributed by atoms with van der Waals surface area (Å²) in [6.07, 6.45) is 1.50. The van der Waals surface area contributed by atoms with Crippen LogP contribution in [-0.2, 0) is 17.1 Å². The molecule has 1 aromatic heterocycles. The molecular formula is C30H24N2O2S. The van der Waals surface area contributed by atoms with E-state index in [1.807, 2.05) is 85.9 Å². The van der Waals surface area contributed by atoms with Crippen molar-refractivity contribution >= 4 is 16.2 Å². The molecule has 0 fully saturated rings. The Balaban J connectivity index is 1.82. The van der Waals surface area contributed by atoms with Crippen LogP contribution in [0.1, 0.15) is 5.56 Å². The first-order chi connectivity index (χ1) is 17.1. The molecule has 35 heavy (non-hydrogen) atoms. The van der Waals surface area contributed by atoms with Gasteiger partial charge in [-0.2, -0.15) is 12.8 Å². The summed E-state index contributed by atoms with van der Waals surface area (Å²) in [5.41, 5.74) is 6.59. The summed E-state index contributed by atoms with van der Waals surface area (Å²) in [7, 11) is -1.85. The summed E-state index contributed by atoms with van der Waals surface area (Å²) in [6.45, 7) is 0. The maximum atomic E-state index is 13.1. The fraction of sp³-hybridized carbons (Fsp3) is 0.0333. The number of hydrogen-bond acceptors (Lipinski definition) is 2. The van der Waals surface area contributed by atoms with Crippen molar-refractivity contribution in [3.05, 3.63) is 127 Å². The van der Waals surface area contributed by atoms with Crippen LogP contribution in [0.5, 0.6) is 0 Å². The Kier molecular flexibility index (Phi) is 6.17. The maximum Gasteiger partial charge on any atom is 0.282 e. The first-order valence-corrected chi connectivity index (χ1v) is 12.7. The van der Waals surface area contributed by atoms with Gasteiger partial charge in [0.25, 0.3) is 10.0 Å². The van der Waals surface area contributed by atoms with E-state index in [9.17, 15) is 8.42 Å². The third kappa shape index (κ3) is 4.46. The molecule has 0 aliphatic heterocycles. The van der Waals surface area contributed by atoms with E-state index in [1.165, 1.54) is 6.21 Å². The lowest BCUT2D eigenvalue weighted by Crippen LogP contribution is -1.99. The lowest BCUT2D eigenvalue weighted by Gasteiger charge is -2.10. The molecule has 1 heterocycles. The first-order valence-electron chi connectivity index (χ1n) is 11.3. The standard InChI is InChI=1S/C30H24N2O2S/c1-32-29(24-16-8-3-9-17-24)27(22-31-35(33,34)26-20-12-5-13-21-26)28(23-14-6-2-7-15-23)30(32)25-18-10-4-11-19-25/h2-22H,1H3. The predicted octanol–water partition coefficient (Wildman–Crippen LogP) is 6.83. The molecule has 5 rings (SSSR count). The zero-order chi connectivity index (χ0) is 24.3. The number of hydrogen-bond donors (Lipinski definition) is 0. The zero-order valence-corrected chi connectivity index (χ0v) is 20.1. The Morgan fingerprint density at radius 3 is 1.54 bits per heavy atom. The summed E-state index contributed by atoms with van der Waals surface area (Å²) < 4.78 is 32.4. The Morgan fingerprint density at radius 2 is 1.03 bits per heavy atom. The van der Waals surface area contributed by atoms with Crippen LogP contribution >= 0.6 is 0 Å². The van der Waals surface area contributed by atoms with Gasteiger partial charge in [-0.05, 0) is 28.8 Å². The molecule has 5 aromatic rings. The molecule has 0 saturated heterocycles. The minimum absolute atomic E-state index is 0.165. The minimum Gasteiger partial charge on any atom is -0.343 e. The van der Waals surface area contributed by atoms with Crippen LogP contribution in [0, 0.1) is 0 Å². The van der Waals surface area contributed by atoms with Crippen molar-refractivity contribution in [3.63, 3.8) is 0 Å². The molecule has 0 aliphatic rings. The van der Waals surface area contributed by atoms with Gasteiger partial charge in [0.15, 0.2) is 0 Å². The van der Waals surface area contributed by atoms with Gasteiger partial charge in [-0.25, -0.2) is 0 Å². The van der Waals surface area contributed by atoms with Crippen molar-refractivity contribution in [1.29, 1.82) is 0 Å². The molecular weight excluding hydrogens is 452 g/mol. The highest BCUT2D eigenvalue weighted by molar-refractivity contribution is 7.90. The second-order valence-corrected chi connectivity index (χ2v) is 9.80. The monoisotopic (exact) mass is 476 g/mol. The highest BCUT2D eigenvalue weighted by Crippen LogP contribution is 2.42. The van der Waals surface area contributed by atoms with E-state index >= 15 is 0 Å². The topological polar surface area (TPSA) is 51.4 Å². The summed E-state index contributed by atoms with van der Waals surface area (Å²) in [5, 5.41) is 0. The molecule has 0 radical (unpaired) electrons. The van der Waals surface area contributed by atoms with E-state index < -0.39 is 10.0 Å². The summed E-state index contributed by atoms with van der Waals surface area (Å²) in [4.78, 5) is 0.165. The normalized spacial score (nSPS) is 11.7. The predicted molar refractivity (Wildman–Crippen MR) is 143 cm³/mol. The van der Waals surface area contributed by atoms with E-state index in [1.54, 1.807) is 30.3 Å². The summed E-state index contributed by atoms with van der Waals surface area (Å²) in [6, 6.07) is 38.5. The molecule has 0 aliphatic carbocycles. The van der Waals surface area contributed by atoms with Crippen molar-refractivity contribution < 1.29 is 8.42 Å². The van der Waals surface area contributed by atoms with Gasteiger partial charge in [-0.3, -0.25) is 0 Å². The average molecular weight is 477 g/mol. The van der Waals surface area contributed by atoms with E-state index in [0.717, 1.165) is 39.2 Å². The fourth-order valence-corrected chi connectivity index (χ4v) is 5.25. The number of rotatable bonds is 6. The molecule has 0 saturated carbocycles. The second-order valence-electron chi connectivity index (χ2n) is 8.17. The highest BCUT2D eigenvalue weighted by Gasteiger charge is 2.24. The molecule has 172 valence electrons. The molecule has 0 unspecified atom stereocenters. The third-order valence-electron chi connectivity index (χ3n) is 5.95. The summed E-state index contributed by atoms with van der Waals surface area (Å²) >= 11 is 0. The van der Waals surface area contributed by atoms with Gasteiger partial charge in [0.2, 0.25) is 0 Å². The third-order valence-corrected chi connectivity index (χ3v) is 7.20. The molecule has 5 heteroatoms. The van der Waals surface area contributed by atoms with Crippen LogP contribution < -0.4 is 0 Å². The van der Waals surface area contributed by atoms with Crippen molar-refractivity contribution in [1.82, 2.24) is 4.57 Å². The Labute approximate surface area is 205 Å². The van der Waals surface area contributed by atoms with Gasteiger partial charge in [0.1, 0.15) is 0 Å². The van der Waals surface area contributed by atoms with E-state index in [0.29, 0.717) is 0 Å². The molecule has 0 amide bonds. The van der Waals surface area contributed by atoms with Gasteiger partial charge in [-0.1, -0.05) is 109 Å². The average Bonchev–Trinajstić information content (AvgIpc) is 3.21. The molecule has 4 aromatic carbocycles. The van der Waals surface area contributed by atoms with Crippen molar-refractivity contribution in [2.24, 2.45) is 11.4 Å². The second kappa shape index (κ2) is 9.57. The number of aromatic nitrogens is 1. The van der Waals surface area contributed by atoms with Gasteiger partial charge in [0, 0.05) is 18.2 Å².